The summed E-state index contributed by atoms with van der Waals surface area (Å²) in [6.07, 6.45) is 35.5. The number of rotatable bonds is 23. The van der Waals surface area contributed by atoms with E-state index in [2.05, 4.69) is 30.6 Å². The Morgan fingerprint density at radius 1 is 0.321 bits per heavy atom. The van der Waals surface area contributed by atoms with Crippen molar-refractivity contribution >= 4 is 205 Å². The van der Waals surface area contributed by atoms with E-state index < -0.39 is 5.97 Å². The Bertz CT molecular complexity index is 6890. The van der Waals surface area contributed by atoms with Gasteiger partial charge in [-0.25, -0.2) is 32.9 Å². The second-order valence-electron chi connectivity index (χ2n) is 28.4. The molecule has 0 bridgehead atoms. The molecule has 0 saturated carbocycles. The van der Waals surface area contributed by atoms with E-state index in [0.717, 1.165) is 75.5 Å². The van der Waals surface area contributed by atoms with Crippen LogP contribution in [-0.2, 0) is 13.5 Å². The number of nitrogens with zero attached hydrogens (tertiary/aromatic N) is 15. The first-order chi connectivity index (χ1) is 63.7. The molecule has 0 radical (unpaired) electrons. The van der Waals surface area contributed by atoms with E-state index in [1.807, 2.05) is 344 Å². The van der Waals surface area contributed by atoms with E-state index in [4.69, 9.17) is 9.84 Å². The standard InChI is InChI=1S/2C18H17N3OS.C18H16N2O2S.C17H12N2O3S.C15H13N3OS.C14H10N2OS2/c1-20(2)16-6-3-5-14(13-16)18(22)21-11-10-15(19-21)8-9-17-7-4-12-23-17;1-20(2)16-8-5-14(6-9-16)18(22)21-12-11-15(19-21)7-10-17-4-3-13-23-17;1-22-16-7-4-14(5-8-16)13-18(21)20-11-10-15(19-20)6-9-17-3-2-12-23-17;20-16(12-3-5-13(6-4-12)17(21)22)19-10-9-14(18-19)7-8-15-2-1-11-23-15;1-17-9-2-5-14(17)15(19)18-10-8-12(16-18)6-7-13-4-3-11-20-13;17-14(13-4-2-10-19-13)16-8-7-11(15-16)5-6-12-3-1-9-18-12/h2*3-13H,1-2H3;2-12H,13H2,1H3;1-11H,(H,21,22);2-11H,1H3;1-10H/b9-8+;10-7+;9-6+;8-7+;7-6+;6-5+. The molecule has 14 heterocycles. The van der Waals surface area contributed by atoms with Crippen molar-refractivity contribution in [2.24, 2.45) is 7.05 Å². The average Bonchev–Trinajstić information content (AvgIpc) is 1.73. The van der Waals surface area contributed by atoms with E-state index in [-0.39, 0.29) is 41.0 Å². The van der Waals surface area contributed by atoms with Gasteiger partial charge in [0.2, 0.25) is 0 Å². The maximum atomic E-state index is 12.5. The van der Waals surface area contributed by atoms with Gasteiger partial charge in [-0.15, -0.1) is 79.4 Å². The molecule has 4 aromatic carbocycles. The highest BCUT2D eigenvalue weighted by atomic mass is 32.1. The number of aryl methyl sites for hydroxylation is 1. The molecular weight excluding hydrogens is 1780 g/mol. The molecule has 0 spiro atoms. The first-order valence-corrected chi connectivity index (χ1v) is 46.4. The lowest BCUT2D eigenvalue weighted by Gasteiger charge is -2.13. The number of carbonyl (C=O) groups is 7. The molecule has 0 saturated heterocycles. The summed E-state index contributed by atoms with van der Waals surface area (Å²) in [4.78, 5) is 96.2. The van der Waals surface area contributed by atoms with Crippen molar-refractivity contribution in [3.05, 3.63) is 413 Å². The molecule has 0 aliphatic carbocycles. The predicted molar refractivity (Wildman–Crippen MR) is 533 cm³/mol. The Labute approximate surface area is 783 Å². The lowest BCUT2D eigenvalue weighted by molar-refractivity contribution is 0.0694. The first kappa shape index (κ1) is 93.3. The number of carboxylic acids is 1. The number of anilines is 2. The van der Waals surface area contributed by atoms with Crippen LogP contribution in [0.2, 0.25) is 0 Å². The number of ether oxygens (including phenoxy) is 1. The third-order valence-electron chi connectivity index (χ3n) is 18.8. The van der Waals surface area contributed by atoms with Gasteiger partial charge in [-0.05, 0) is 286 Å². The zero-order valence-electron chi connectivity index (χ0n) is 71.4. The number of aromatic carboxylic acids is 1. The van der Waals surface area contributed by atoms with Crippen LogP contribution in [0.3, 0.4) is 0 Å². The highest BCUT2D eigenvalue weighted by Gasteiger charge is 2.18. The molecule has 0 aliphatic heterocycles. The van der Waals surface area contributed by atoms with Crippen LogP contribution in [0.25, 0.3) is 72.9 Å². The molecular formula is C100H85N15O9S7. The third kappa shape index (κ3) is 27.6. The monoisotopic (exact) mass is 1860 g/mol. The van der Waals surface area contributed by atoms with Gasteiger partial charge in [0.15, 0.2) is 0 Å². The van der Waals surface area contributed by atoms with Gasteiger partial charge < -0.3 is 24.2 Å². The first-order valence-electron chi connectivity index (χ1n) is 40.3. The molecule has 1 N–H and O–H groups in total. The maximum absolute atomic E-state index is 12.5. The fourth-order valence-electron chi connectivity index (χ4n) is 11.9. The third-order valence-corrected chi connectivity index (χ3v) is 24.6. The lowest BCUT2D eigenvalue weighted by atomic mass is 10.1. The number of benzene rings is 4. The number of aromatic nitrogens is 13. The molecule has 0 fully saturated rings. The van der Waals surface area contributed by atoms with Crippen molar-refractivity contribution in [1.82, 2.24) is 63.3 Å². The van der Waals surface area contributed by atoms with Crippen LogP contribution in [-0.4, -0.2) is 145 Å². The van der Waals surface area contributed by atoms with Gasteiger partial charge in [0.25, 0.3) is 35.4 Å². The Balaban J connectivity index is 0.000000134. The summed E-state index contributed by atoms with van der Waals surface area (Å²) in [6.45, 7) is 0. The molecule has 14 aromatic heterocycles. The topological polar surface area (TPSA) is 267 Å². The van der Waals surface area contributed by atoms with Crippen LogP contribution < -0.4 is 14.5 Å². The Kier molecular flexibility index (Phi) is 33.4. The fourth-order valence-corrected chi connectivity index (χ4v) is 16.2. The lowest BCUT2D eigenvalue weighted by Crippen LogP contribution is -2.15. The molecule has 131 heavy (non-hydrogen) atoms. The van der Waals surface area contributed by atoms with Crippen molar-refractivity contribution < 1.29 is 43.4 Å². The van der Waals surface area contributed by atoms with Crippen molar-refractivity contribution in [2.45, 2.75) is 6.42 Å². The van der Waals surface area contributed by atoms with Crippen LogP contribution in [0.15, 0.2) is 312 Å². The smallest absolute Gasteiger partial charge is 0.335 e. The van der Waals surface area contributed by atoms with Crippen LogP contribution in [0.1, 0.15) is 135 Å². The zero-order chi connectivity index (χ0) is 91.8. The minimum absolute atomic E-state index is 0.0639. The molecule has 0 atom stereocenters. The van der Waals surface area contributed by atoms with Gasteiger partial charge >= 0.3 is 5.97 Å². The Morgan fingerprint density at radius 3 is 0.992 bits per heavy atom. The van der Waals surface area contributed by atoms with Gasteiger partial charge in [0.05, 0.1) is 58.1 Å². The average molecular weight is 1870 g/mol. The van der Waals surface area contributed by atoms with Crippen LogP contribution >= 0.6 is 79.4 Å². The van der Waals surface area contributed by atoms with Crippen molar-refractivity contribution in [3.63, 3.8) is 0 Å². The molecule has 18 rings (SSSR count). The van der Waals surface area contributed by atoms with Crippen molar-refractivity contribution in [2.75, 3.05) is 45.1 Å². The van der Waals surface area contributed by atoms with E-state index in [1.165, 1.54) is 68.6 Å². The minimum Gasteiger partial charge on any atom is -0.497 e. The highest BCUT2D eigenvalue weighted by molar-refractivity contribution is 7.13. The van der Waals surface area contributed by atoms with E-state index in [9.17, 15) is 33.6 Å². The molecule has 18 aromatic rings. The van der Waals surface area contributed by atoms with Gasteiger partial charge in [-0.3, -0.25) is 28.8 Å². The Hall–Kier alpha value is -15.4. The molecule has 0 amide bonds. The highest BCUT2D eigenvalue weighted by Crippen LogP contribution is 2.23. The summed E-state index contributed by atoms with van der Waals surface area (Å²) in [6, 6.07) is 70.6. The summed E-state index contributed by atoms with van der Waals surface area (Å²) < 4.78 is 15.0. The summed E-state index contributed by atoms with van der Waals surface area (Å²) in [5.41, 5.74) is 9.85. The molecule has 31 heteroatoms. The van der Waals surface area contributed by atoms with Crippen LogP contribution in [0.4, 0.5) is 11.4 Å². The van der Waals surface area contributed by atoms with Gasteiger partial charge in [-0.2, -0.15) is 30.6 Å². The number of carboxylic acid groups (broad SMARTS) is 1. The number of hydrogen-bond donors (Lipinski definition) is 1. The van der Waals surface area contributed by atoms with Crippen molar-refractivity contribution in [1.29, 1.82) is 0 Å². The molecule has 24 nitrogen and oxygen atoms in total. The Morgan fingerprint density at radius 2 is 0.656 bits per heavy atom. The second kappa shape index (κ2) is 46.9. The zero-order valence-corrected chi connectivity index (χ0v) is 77.2. The maximum Gasteiger partial charge on any atom is 0.335 e. The summed E-state index contributed by atoms with van der Waals surface area (Å²) >= 11 is 11.4. The quantitative estimate of drug-likeness (QED) is 0.0623. The largest absolute Gasteiger partial charge is 0.497 e. The van der Waals surface area contributed by atoms with E-state index in [0.29, 0.717) is 39.4 Å². The normalized spacial score (nSPS) is 11.1. The number of thiophene rings is 7. The number of hydrogen-bond acceptors (Lipinski definition) is 23. The summed E-state index contributed by atoms with van der Waals surface area (Å²) in [7, 11) is 11.3. The van der Waals surface area contributed by atoms with E-state index >= 15 is 0 Å². The number of methoxy groups -OCH3 is 1. The SMILES string of the molecule is CN(C)c1ccc(C(=O)n2ccc(/C=C/c3cccs3)n2)cc1.CN(C)c1cccc(C(=O)n2ccc(/C=C/c3cccs3)n2)c1.COc1ccc(CC(=O)n2ccc(/C=C/c3cccs3)n2)cc1.Cn1cccc1C(=O)n1ccc(/C=C/c2cccs2)n1.O=C(O)c1ccc(C(=O)n2ccc(/C=C/c3cccs3)n2)cc1.O=C(c1cccs1)n1ccc(/C=C/c2cccs2)n1. The molecule has 0 aliphatic rings. The summed E-state index contributed by atoms with van der Waals surface area (Å²) in [5.74, 6) is -1.11. The molecule has 656 valence electrons. The number of carbonyl (C=O) groups excluding carboxylic acids is 6. The minimum atomic E-state index is -1.02. The van der Waals surface area contributed by atoms with E-state index in [1.54, 1.807) is 141 Å². The summed E-state index contributed by atoms with van der Waals surface area (Å²) in [5, 5.41) is 48.6. The molecule has 0 unspecified atom stereocenters. The second-order valence-corrected chi connectivity index (χ2v) is 35.2. The van der Waals surface area contributed by atoms with Crippen molar-refractivity contribution in [3.8, 4) is 5.75 Å². The predicted octanol–water partition coefficient (Wildman–Crippen LogP) is 22.3. The fraction of sp³-hybridized carbons (Fsp3) is 0.0700. The van der Waals surface area contributed by atoms with Gasteiger partial charge in [0, 0.05) is 136 Å². The van der Waals surface area contributed by atoms with Gasteiger partial charge in [0.1, 0.15) is 11.4 Å². The van der Waals surface area contributed by atoms with Crippen LogP contribution in [0.5, 0.6) is 5.75 Å². The van der Waals surface area contributed by atoms with Crippen LogP contribution in [0, 0.1) is 0 Å². The van der Waals surface area contributed by atoms with Gasteiger partial charge in [-0.1, -0.05) is 60.7 Å².